The molecule has 0 radical (unpaired) electrons. The molecule has 4 heteroatoms. The number of aromatic nitrogens is 1. The van der Waals surface area contributed by atoms with Crippen molar-refractivity contribution in [3.8, 4) is 5.88 Å². The van der Waals surface area contributed by atoms with Crippen molar-refractivity contribution in [2.45, 2.75) is 58.7 Å². The molecule has 1 aromatic rings. The van der Waals surface area contributed by atoms with E-state index in [0.717, 1.165) is 18.5 Å². The van der Waals surface area contributed by atoms with E-state index in [4.69, 9.17) is 9.47 Å². The molecule has 1 heterocycles. The highest BCUT2D eigenvalue weighted by Gasteiger charge is 2.22. The first-order valence-corrected chi connectivity index (χ1v) is 6.72. The Kier molecular flexibility index (Phi) is 3.78. The minimum absolute atomic E-state index is 0.251. The molecule has 0 bridgehead atoms. The fraction of sp³-hybridized carbons (Fsp3) is 0.600. The Balaban J connectivity index is 2.13. The number of carbonyl (C=O) groups excluding carboxylic acids is 1. The van der Waals surface area contributed by atoms with E-state index in [1.54, 1.807) is 12.1 Å². The summed E-state index contributed by atoms with van der Waals surface area (Å²) < 4.78 is 11.1. The Bertz CT molecular complexity index is 473. The number of hydrogen-bond acceptors (Lipinski definition) is 4. The third kappa shape index (κ3) is 3.94. The fourth-order valence-corrected chi connectivity index (χ4v) is 1.81. The number of nitrogens with zero attached hydrogens (tertiary/aromatic N) is 1. The van der Waals surface area contributed by atoms with E-state index in [1.165, 1.54) is 6.42 Å². The number of aryl methyl sites for hydroxylation is 1. The van der Waals surface area contributed by atoms with E-state index >= 15 is 0 Å². The van der Waals surface area contributed by atoms with E-state index in [1.807, 2.05) is 27.7 Å². The van der Waals surface area contributed by atoms with Gasteiger partial charge in [0.1, 0.15) is 11.7 Å². The maximum Gasteiger partial charge on any atom is 0.338 e. The second-order valence-corrected chi connectivity index (χ2v) is 6.01. The summed E-state index contributed by atoms with van der Waals surface area (Å²) in [6.45, 7) is 7.40. The Morgan fingerprint density at radius 1 is 1.32 bits per heavy atom. The van der Waals surface area contributed by atoms with Gasteiger partial charge in [-0.25, -0.2) is 9.78 Å². The summed E-state index contributed by atoms with van der Waals surface area (Å²) in [4.78, 5) is 16.3. The molecule has 0 unspecified atom stereocenters. The van der Waals surface area contributed by atoms with E-state index in [0.29, 0.717) is 11.4 Å². The molecule has 1 saturated carbocycles. The molecular formula is C15H21NO3. The molecule has 0 aliphatic heterocycles. The van der Waals surface area contributed by atoms with Gasteiger partial charge in [0, 0.05) is 11.8 Å². The van der Waals surface area contributed by atoms with Crippen LogP contribution in [-0.2, 0) is 4.74 Å². The summed E-state index contributed by atoms with van der Waals surface area (Å²) in [6.07, 6.45) is 3.59. The van der Waals surface area contributed by atoms with Crippen LogP contribution in [0.25, 0.3) is 0 Å². The number of ether oxygens (including phenoxy) is 2. The van der Waals surface area contributed by atoms with Gasteiger partial charge in [-0.1, -0.05) is 0 Å². The number of hydrogen-bond donors (Lipinski definition) is 0. The SMILES string of the molecule is Cc1cc(C(=O)OC(C)(C)C)cc(OC2CCC2)n1. The molecular weight excluding hydrogens is 242 g/mol. The smallest absolute Gasteiger partial charge is 0.338 e. The van der Waals surface area contributed by atoms with Crippen LogP contribution in [-0.4, -0.2) is 22.7 Å². The molecule has 0 aromatic carbocycles. The first-order chi connectivity index (χ1) is 8.83. The topological polar surface area (TPSA) is 48.4 Å². The number of rotatable bonds is 3. The normalized spacial score (nSPS) is 15.8. The van der Waals surface area contributed by atoms with Crippen LogP contribution in [0.4, 0.5) is 0 Å². The van der Waals surface area contributed by atoms with Crippen molar-refractivity contribution in [1.29, 1.82) is 0 Å². The summed E-state index contributed by atoms with van der Waals surface area (Å²) in [6, 6.07) is 3.39. The van der Waals surface area contributed by atoms with Crippen LogP contribution >= 0.6 is 0 Å². The van der Waals surface area contributed by atoms with Crippen molar-refractivity contribution in [2.24, 2.45) is 0 Å². The van der Waals surface area contributed by atoms with E-state index in [9.17, 15) is 4.79 Å². The lowest BCUT2D eigenvalue weighted by atomic mass is 9.96. The zero-order chi connectivity index (χ0) is 14.0. The average molecular weight is 263 g/mol. The van der Waals surface area contributed by atoms with Gasteiger partial charge in [0.15, 0.2) is 0 Å². The molecule has 1 aliphatic rings. The molecule has 1 aliphatic carbocycles. The van der Waals surface area contributed by atoms with Gasteiger partial charge in [0.05, 0.1) is 5.56 Å². The van der Waals surface area contributed by atoms with Gasteiger partial charge in [0.2, 0.25) is 5.88 Å². The zero-order valence-corrected chi connectivity index (χ0v) is 12.0. The lowest BCUT2D eigenvalue weighted by molar-refractivity contribution is 0.00680. The lowest BCUT2D eigenvalue weighted by Gasteiger charge is -2.26. The van der Waals surface area contributed by atoms with Gasteiger partial charge in [-0.05, 0) is 53.0 Å². The van der Waals surface area contributed by atoms with Crippen LogP contribution in [0.15, 0.2) is 12.1 Å². The monoisotopic (exact) mass is 263 g/mol. The van der Waals surface area contributed by atoms with Crippen molar-refractivity contribution < 1.29 is 14.3 Å². The summed E-state index contributed by atoms with van der Waals surface area (Å²) in [5.74, 6) is 0.182. The van der Waals surface area contributed by atoms with Gasteiger partial charge in [-0.2, -0.15) is 0 Å². The van der Waals surface area contributed by atoms with Gasteiger partial charge >= 0.3 is 5.97 Å². The van der Waals surface area contributed by atoms with Crippen molar-refractivity contribution >= 4 is 5.97 Å². The molecule has 0 spiro atoms. The van der Waals surface area contributed by atoms with Crippen LogP contribution < -0.4 is 4.74 Å². The third-order valence-electron chi connectivity index (χ3n) is 2.90. The first kappa shape index (κ1) is 13.8. The van der Waals surface area contributed by atoms with Crippen molar-refractivity contribution in [3.63, 3.8) is 0 Å². The summed E-state index contributed by atoms with van der Waals surface area (Å²) in [7, 11) is 0. The molecule has 2 rings (SSSR count). The van der Waals surface area contributed by atoms with Gasteiger partial charge in [-0.3, -0.25) is 0 Å². The van der Waals surface area contributed by atoms with Crippen LogP contribution in [0.5, 0.6) is 5.88 Å². The summed E-state index contributed by atoms with van der Waals surface area (Å²) >= 11 is 0. The number of esters is 1. The summed E-state index contributed by atoms with van der Waals surface area (Å²) in [5, 5.41) is 0. The van der Waals surface area contributed by atoms with Crippen LogP contribution in [0.2, 0.25) is 0 Å². The third-order valence-corrected chi connectivity index (χ3v) is 2.90. The standard InChI is InChI=1S/C15H21NO3/c1-10-8-11(14(17)19-15(2,3)4)9-13(16-10)18-12-6-5-7-12/h8-9,12H,5-7H2,1-4H3. The van der Waals surface area contributed by atoms with Crippen molar-refractivity contribution in [3.05, 3.63) is 23.4 Å². The van der Waals surface area contributed by atoms with Gasteiger partial charge < -0.3 is 9.47 Å². The average Bonchev–Trinajstić information content (AvgIpc) is 2.20. The number of pyridine rings is 1. The molecule has 0 atom stereocenters. The lowest BCUT2D eigenvalue weighted by Crippen LogP contribution is -2.26. The highest BCUT2D eigenvalue weighted by molar-refractivity contribution is 5.90. The molecule has 1 fully saturated rings. The maximum absolute atomic E-state index is 12.0. The Labute approximate surface area is 114 Å². The second-order valence-electron chi connectivity index (χ2n) is 6.01. The van der Waals surface area contributed by atoms with Crippen molar-refractivity contribution in [2.75, 3.05) is 0 Å². The molecule has 0 amide bonds. The predicted octanol–water partition coefficient (Wildman–Crippen LogP) is 3.28. The highest BCUT2D eigenvalue weighted by Crippen LogP contribution is 2.25. The van der Waals surface area contributed by atoms with Crippen LogP contribution in [0.3, 0.4) is 0 Å². The van der Waals surface area contributed by atoms with E-state index < -0.39 is 5.60 Å². The minimum Gasteiger partial charge on any atom is -0.474 e. The Morgan fingerprint density at radius 2 is 2.00 bits per heavy atom. The van der Waals surface area contributed by atoms with Crippen LogP contribution in [0, 0.1) is 6.92 Å². The number of carbonyl (C=O) groups is 1. The summed E-state index contributed by atoms with van der Waals surface area (Å²) in [5.41, 5.74) is 0.762. The largest absolute Gasteiger partial charge is 0.474 e. The fourth-order valence-electron chi connectivity index (χ4n) is 1.81. The molecule has 1 aromatic heterocycles. The molecule has 0 N–H and O–H groups in total. The first-order valence-electron chi connectivity index (χ1n) is 6.72. The molecule has 19 heavy (non-hydrogen) atoms. The molecule has 104 valence electrons. The minimum atomic E-state index is -0.497. The van der Waals surface area contributed by atoms with Crippen molar-refractivity contribution in [1.82, 2.24) is 4.98 Å². The predicted molar refractivity (Wildman–Crippen MR) is 72.4 cm³/mol. The Morgan fingerprint density at radius 3 is 2.53 bits per heavy atom. The van der Waals surface area contributed by atoms with Gasteiger partial charge in [0.25, 0.3) is 0 Å². The second kappa shape index (κ2) is 5.19. The maximum atomic E-state index is 12.0. The molecule has 0 saturated heterocycles. The quantitative estimate of drug-likeness (QED) is 0.785. The highest BCUT2D eigenvalue weighted by atomic mass is 16.6. The Hall–Kier alpha value is -1.58. The molecule has 4 nitrogen and oxygen atoms in total. The zero-order valence-electron chi connectivity index (χ0n) is 12.0. The van der Waals surface area contributed by atoms with E-state index in [-0.39, 0.29) is 12.1 Å². The van der Waals surface area contributed by atoms with Gasteiger partial charge in [-0.15, -0.1) is 0 Å². The van der Waals surface area contributed by atoms with Crippen LogP contribution in [0.1, 0.15) is 56.1 Å². The van der Waals surface area contributed by atoms with E-state index in [2.05, 4.69) is 4.98 Å².